The van der Waals surface area contributed by atoms with E-state index in [9.17, 15) is 9.59 Å². The van der Waals surface area contributed by atoms with Gasteiger partial charge in [0.05, 0.1) is 10.9 Å². The Kier molecular flexibility index (Phi) is 4.44. The molecule has 0 radical (unpaired) electrons. The van der Waals surface area contributed by atoms with Gasteiger partial charge < -0.3 is 14.3 Å². The molecular weight excluding hydrogens is 328 g/mol. The van der Waals surface area contributed by atoms with Gasteiger partial charge in [-0.05, 0) is 31.5 Å². The highest BCUT2D eigenvalue weighted by Gasteiger charge is 2.21. The molecule has 0 aliphatic carbocycles. The van der Waals surface area contributed by atoms with Gasteiger partial charge in [0.25, 0.3) is 11.5 Å². The SMILES string of the molecule is CCn1ccc2oc(C)c(C(=O)NCc3ccccc3Cl)c2c1=O. The fourth-order valence-electron chi connectivity index (χ4n) is 2.69. The Hall–Kier alpha value is -2.53. The van der Waals surface area contributed by atoms with E-state index in [2.05, 4.69) is 5.32 Å². The summed E-state index contributed by atoms with van der Waals surface area (Å²) in [5, 5.41) is 3.71. The van der Waals surface area contributed by atoms with Gasteiger partial charge in [0.1, 0.15) is 11.3 Å². The number of furan rings is 1. The smallest absolute Gasteiger partial charge is 0.262 e. The van der Waals surface area contributed by atoms with Crippen molar-refractivity contribution in [3.05, 3.63) is 68.8 Å². The second-order valence-corrected chi connectivity index (χ2v) is 5.86. The number of carbonyl (C=O) groups excluding carboxylic acids is 1. The van der Waals surface area contributed by atoms with Gasteiger partial charge in [-0.25, -0.2) is 0 Å². The fraction of sp³-hybridized carbons (Fsp3) is 0.222. The van der Waals surface area contributed by atoms with Crippen molar-refractivity contribution in [2.75, 3.05) is 0 Å². The van der Waals surface area contributed by atoms with Crippen LogP contribution in [0.5, 0.6) is 0 Å². The number of halogens is 1. The molecule has 5 nitrogen and oxygen atoms in total. The molecule has 0 fully saturated rings. The standard InChI is InChI=1S/C18H17ClN2O3/c1-3-21-9-8-14-16(18(21)23)15(11(2)24-14)17(22)20-10-12-6-4-5-7-13(12)19/h4-9H,3,10H2,1-2H3,(H,20,22). The number of fused-ring (bicyclic) bond motifs is 1. The first kappa shape index (κ1) is 16.3. The minimum Gasteiger partial charge on any atom is -0.460 e. The van der Waals surface area contributed by atoms with Crippen LogP contribution in [0.3, 0.4) is 0 Å². The maximum absolute atomic E-state index is 12.6. The van der Waals surface area contributed by atoms with Crippen LogP contribution >= 0.6 is 11.6 Å². The van der Waals surface area contributed by atoms with Gasteiger partial charge in [0, 0.05) is 24.3 Å². The number of benzene rings is 1. The molecule has 1 aromatic carbocycles. The lowest BCUT2D eigenvalue weighted by atomic mass is 10.1. The molecule has 1 amide bonds. The van der Waals surface area contributed by atoms with E-state index in [4.69, 9.17) is 16.0 Å². The molecule has 6 heteroatoms. The molecule has 124 valence electrons. The molecule has 0 aliphatic rings. The van der Waals surface area contributed by atoms with E-state index < -0.39 is 0 Å². The lowest BCUT2D eigenvalue weighted by Gasteiger charge is -2.07. The van der Waals surface area contributed by atoms with E-state index in [-0.39, 0.29) is 23.6 Å². The average molecular weight is 345 g/mol. The maximum Gasteiger partial charge on any atom is 0.262 e. The molecule has 2 aromatic heterocycles. The minimum absolute atomic E-state index is 0.227. The van der Waals surface area contributed by atoms with E-state index in [1.807, 2.05) is 25.1 Å². The Morgan fingerprint density at radius 2 is 2.04 bits per heavy atom. The number of hydrogen-bond donors (Lipinski definition) is 1. The Labute approximate surface area is 143 Å². The van der Waals surface area contributed by atoms with Crippen LogP contribution in [0.1, 0.15) is 28.6 Å². The topological polar surface area (TPSA) is 64.2 Å². The van der Waals surface area contributed by atoms with Crippen LogP contribution in [0.2, 0.25) is 5.02 Å². The van der Waals surface area contributed by atoms with E-state index in [0.29, 0.717) is 28.3 Å². The first-order chi connectivity index (χ1) is 11.5. The summed E-state index contributed by atoms with van der Waals surface area (Å²) in [4.78, 5) is 25.1. The Morgan fingerprint density at radius 1 is 1.29 bits per heavy atom. The van der Waals surface area contributed by atoms with E-state index in [1.165, 1.54) is 0 Å². The molecule has 3 aromatic rings. The Balaban J connectivity index is 1.96. The van der Waals surface area contributed by atoms with Crippen LogP contribution in [0, 0.1) is 6.92 Å². The summed E-state index contributed by atoms with van der Waals surface area (Å²) in [7, 11) is 0. The lowest BCUT2D eigenvalue weighted by molar-refractivity contribution is 0.0951. The quantitative estimate of drug-likeness (QED) is 0.787. The second-order valence-electron chi connectivity index (χ2n) is 5.45. The van der Waals surface area contributed by atoms with Crippen molar-refractivity contribution in [1.29, 1.82) is 0 Å². The summed E-state index contributed by atoms with van der Waals surface area (Å²) in [6, 6.07) is 8.99. The third-order valence-corrected chi connectivity index (χ3v) is 4.33. The van der Waals surface area contributed by atoms with Crippen LogP contribution < -0.4 is 10.9 Å². The molecule has 0 spiro atoms. The van der Waals surface area contributed by atoms with Crippen LogP contribution in [0.15, 0.2) is 45.7 Å². The van der Waals surface area contributed by atoms with Crippen LogP contribution in [0.4, 0.5) is 0 Å². The van der Waals surface area contributed by atoms with E-state index >= 15 is 0 Å². The van der Waals surface area contributed by atoms with Gasteiger partial charge in [-0.2, -0.15) is 0 Å². The second kappa shape index (κ2) is 6.53. The summed E-state index contributed by atoms with van der Waals surface area (Å²) < 4.78 is 7.12. The molecule has 0 aliphatic heterocycles. The predicted molar refractivity (Wildman–Crippen MR) is 93.5 cm³/mol. The zero-order chi connectivity index (χ0) is 17.3. The van der Waals surface area contributed by atoms with Gasteiger partial charge in [-0.3, -0.25) is 9.59 Å². The summed E-state index contributed by atoms with van der Waals surface area (Å²) >= 11 is 6.10. The summed E-state index contributed by atoms with van der Waals surface area (Å²) in [5.74, 6) is 0.0738. The molecule has 1 N–H and O–H groups in total. The average Bonchev–Trinajstić information content (AvgIpc) is 2.91. The van der Waals surface area contributed by atoms with Crippen molar-refractivity contribution < 1.29 is 9.21 Å². The van der Waals surface area contributed by atoms with Gasteiger partial charge in [-0.1, -0.05) is 29.8 Å². The fourth-order valence-corrected chi connectivity index (χ4v) is 2.90. The van der Waals surface area contributed by atoms with Crippen molar-refractivity contribution in [2.24, 2.45) is 0 Å². The van der Waals surface area contributed by atoms with E-state index in [1.54, 1.807) is 29.8 Å². The number of carbonyl (C=O) groups is 1. The number of aromatic nitrogens is 1. The van der Waals surface area contributed by atoms with Crippen molar-refractivity contribution in [3.8, 4) is 0 Å². The molecule has 0 atom stereocenters. The summed E-state index contributed by atoms with van der Waals surface area (Å²) in [6.07, 6.45) is 1.67. The molecule has 3 rings (SSSR count). The van der Waals surface area contributed by atoms with Gasteiger partial charge >= 0.3 is 0 Å². The third kappa shape index (κ3) is 2.83. The van der Waals surface area contributed by atoms with Gasteiger partial charge in [0.15, 0.2) is 0 Å². The monoisotopic (exact) mass is 344 g/mol. The van der Waals surface area contributed by atoms with Crippen molar-refractivity contribution >= 4 is 28.5 Å². The first-order valence-electron chi connectivity index (χ1n) is 7.67. The highest BCUT2D eigenvalue weighted by Crippen LogP contribution is 2.23. The molecular formula is C18H17ClN2O3. The minimum atomic E-state index is -0.350. The molecule has 2 heterocycles. The number of rotatable bonds is 4. The Morgan fingerprint density at radius 3 is 2.75 bits per heavy atom. The maximum atomic E-state index is 12.6. The molecule has 0 unspecified atom stereocenters. The lowest BCUT2D eigenvalue weighted by Crippen LogP contribution is -2.26. The number of pyridine rings is 1. The van der Waals surface area contributed by atoms with Crippen LogP contribution in [0.25, 0.3) is 11.0 Å². The molecule has 0 saturated heterocycles. The van der Waals surface area contributed by atoms with Gasteiger partial charge in [0.2, 0.25) is 0 Å². The predicted octanol–water partition coefficient (Wildman–Crippen LogP) is 3.51. The van der Waals surface area contributed by atoms with Crippen molar-refractivity contribution in [1.82, 2.24) is 9.88 Å². The number of nitrogens with one attached hydrogen (secondary N) is 1. The Bertz CT molecular complexity index is 972. The number of nitrogens with zero attached hydrogens (tertiary/aromatic N) is 1. The van der Waals surface area contributed by atoms with Gasteiger partial charge in [-0.15, -0.1) is 0 Å². The number of aryl methyl sites for hydroxylation is 2. The highest BCUT2D eigenvalue weighted by molar-refractivity contribution is 6.31. The largest absolute Gasteiger partial charge is 0.460 e. The molecule has 0 saturated carbocycles. The van der Waals surface area contributed by atoms with Crippen molar-refractivity contribution in [3.63, 3.8) is 0 Å². The zero-order valence-electron chi connectivity index (χ0n) is 13.4. The van der Waals surface area contributed by atoms with Crippen LogP contribution in [-0.4, -0.2) is 10.5 Å². The number of amides is 1. The van der Waals surface area contributed by atoms with Crippen LogP contribution in [-0.2, 0) is 13.1 Å². The first-order valence-corrected chi connectivity index (χ1v) is 8.05. The zero-order valence-corrected chi connectivity index (χ0v) is 14.2. The number of hydrogen-bond acceptors (Lipinski definition) is 3. The van der Waals surface area contributed by atoms with E-state index in [0.717, 1.165) is 5.56 Å². The third-order valence-electron chi connectivity index (χ3n) is 3.96. The summed E-state index contributed by atoms with van der Waals surface area (Å²) in [6.45, 7) is 4.36. The van der Waals surface area contributed by atoms with Crippen molar-refractivity contribution in [2.45, 2.75) is 26.9 Å². The summed E-state index contributed by atoms with van der Waals surface area (Å²) in [5.41, 5.74) is 1.29. The molecule has 24 heavy (non-hydrogen) atoms. The highest BCUT2D eigenvalue weighted by atomic mass is 35.5. The normalized spacial score (nSPS) is 11.0. The molecule has 0 bridgehead atoms.